The number of nitrogens with one attached hydrogen (secondary N) is 1. The molecule has 1 aliphatic heterocycles. The number of carbonyl (C=O) groups excluding carboxylic acids is 2. The monoisotopic (exact) mass is 535 g/mol. The van der Waals surface area contributed by atoms with Gasteiger partial charge in [0.25, 0.3) is 5.91 Å². The Kier molecular flexibility index (Phi) is 7.01. The fourth-order valence-corrected chi connectivity index (χ4v) is 4.74. The van der Waals surface area contributed by atoms with Crippen molar-refractivity contribution in [3.63, 3.8) is 0 Å². The molecular formula is C27H24F3N7O2. The van der Waals surface area contributed by atoms with Crippen molar-refractivity contribution in [1.29, 1.82) is 0 Å². The van der Waals surface area contributed by atoms with Crippen LogP contribution in [0.15, 0.2) is 55.4 Å². The van der Waals surface area contributed by atoms with Gasteiger partial charge in [-0.3, -0.25) is 9.59 Å². The number of nitrogens with zero attached hydrogens (tertiary/aromatic N) is 5. The number of benzene rings is 2. The van der Waals surface area contributed by atoms with E-state index in [0.29, 0.717) is 35.4 Å². The summed E-state index contributed by atoms with van der Waals surface area (Å²) < 4.78 is 43.9. The number of likely N-dealkylation sites (tertiary alicyclic amines) is 1. The molecule has 200 valence electrons. The molecular weight excluding hydrogens is 511 g/mol. The van der Waals surface area contributed by atoms with E-state index in [1.54, 1.807) is 9.58 Å². The molecule has 3 heterocycles. The van der Waals surface area contributed by atoms with Crippen LogP contribution < -0.4 is 11.1 Å². The molecule has 12 heteroatoms. The number of anilines is 1. The summed E-state index contributed by atoms with van der Waals surface area (Å²) in [5.41, 5.74) is 7.17. The van der Waals surface area contributed by atoms with E-state index in [2.05, 4.69) is 21.9 Å². The Hall–Kier alpha value is -4.74. The van der Waals surface area contributed by atoms with Gasteiger partial charge in [-0.15, -0.1) is 0 Å². The highest BCUT2D eigenvalue weighted by molar-refractivity contribution is 5.98. The minimum absolute atomic E-state index is 0.0937. The van der Waals surface area contributed by atoms with Gasteiger partial charge in [0.2, 0.25) is 5.91 Å². The number of hydrogen-bond donors (Lipinski definition) is 2. The second kappa shape index (κ2) is 10.6. The van der Waals surface area contributed by atoms with Crippen molar-refractivity contribution < 1.29 is 22.8 Å². The average Bonchev–Trinajstić information content (AvgIpc) is 3.34. The van der Waals surface area contributed by atoms with Crippen molar-refractivity contribution in [2.24, 2.45) is 0 Å². The van der Waals surface area contributed by atoms with Gasteiger partial charge in [0, 0.05) is 30.8 Å². The first-order valence-electron chi connectivity index (χ1n) is 12.2. The molecule has 0 aliphatic carbocycles. The molecule has 2 aromatic carbocycles. The molecule has 0 bridgehead atoms. The van der Waals surface area contributed by atoms with Gasteiger partial charge in [-0.1, -0.05) is 6.58 Å². The maximum absolute atomic E-state index is 14.7. The van der Waals surface area contributed by atoms with Gasteiger partial charge in [0.1, 0.15) is 35.3 Å². The van der Waals surface area contributed by atoms with Crippen molar-refractivity contribution in [3.8, 4) is 11.3 Å². The summed E-state index contributed by atoms with van der Waals surface area (Å²) >= 11 is 0. The van der Waals surface area contributed by atoms with Gasteiger partial charge >= 0.3 is 0 Å². The summed E-state index contributed by atoms with van der Waals surface area (Å²) in [5, 5.41) is 7.66. The maximum Gasteiger partial charge on any atom is 0.254 e. The molecule has 0 spiro atoms. The van der Waals surface area contributed by atoms with Crippen molar-refractivity contribution in [3.05, 3.63) is 84.0 Å². The van der Waals surface area contributed by atoms with Gasteiger partial charge in [-0.05, 0) is 55.3 Å². The Labute approximate surface area is 221 Å². The van der Waals surface area contributed by atoms with Crippen LogP contribution in [0.3, 0.4) is 0 Å². The van der Waals surface area contributed by atoms with Crippen LogP contribution in [0.2, 0.25) is 0 Å². The fraction of sp³-hybridized carbons (Fsp3) is 0.222. The highest BCUT2D eigenvalue weighted by Crippen LogP contribution is 2.34. The zero-order valence-corrected chi connectivity index (χ0v) is 20.7. The lowest BCUT2D eigenvalue weighted by Gasteiger charge is -2.32. The molecule has 1 fully saturated rings. The second-order valence-electron chi connectivity index (χ2n) is 9.15. The number of amides is 2. The van der Waals surface area contributed by atoms with Crippen molar-refractivity contribution in [2.45, 2.75) is 25.4 Å². The predicted octanol–water partition coefficient (Wildman–Crippen LogP) is 3.77. The first kappa shape index (κ1) is 25.9. The molecule has 5 rings (SSSR count). The Morgan fingerprint density at radius 1 is 1.13 bits per heavy atom. The van der Waals surface area contributed by atoms with Crippen molar-refractivity contribution in [2.75, 3.05) is 18.8 Å². The standard InChI is InChI=1S/C27H24F3N7O2/c1-2-22(38)36-9-3-4-18(13-36)37-26-23(25(31)33-14-34-26)24(35-37)15-5-7-20(29)16(10-15)12-32-27(39)19-11-17(28)6-8-21(19)30/h2,5-8,10-11,14,18H,1,3-4,9,12-13H2,(H,32,39)(H2,31,33,34)/t18-/m1/s1. The smallest absolute Gasteiger partial charge is 0.254 e. The quantitative estimate of drug-likeness (QED) is 0.363. The molecule has 0 saturated carbocycles. The maximum atomic E-state index is 14.7. The number of nitrogen functional groups attached to an aromatic ring is 1. The van der Waals surface area contributed by atoms with Gasteiger partial charge in [0.15, 0.2) is 5.65 Å². The molecule has 0 unspecified atom stereocenters. The van der Waals surface area contributed by atoms with Crippen LogP contribution in [0.1, 0.15) is 34.8 Å². The Bertz CT molecular complexity index is 1600. The van der Waals surface area contributed by atoms with E-state index in [1.807, 2.05) is 0 Å². The van der Waals surface area contributed by atoms with Crippen LogP contribution in [0.4, 0.5) is 19.0 Å². The number of nitrogens with two attached hydrogens (primary N) is 1. The lowest BCUT2D eigenvalue weighted by molar-refractivity contribution is -0.127. The Balaban J connectivity index is 1.48. The van der Waals surface area contributed by atoms with Crippen LogP contribution in [0.25, 0.3) is 22.3 Å². The fourth-order valence-electron chi connectivity index (χ4n) is 4.74. The van der Waals surface area contributed by atoms with E-state index in [1.165, 1.54) is 30.6 Å². The zero-order chi connectivity index (χ0) is 27.7. The Morgan fingerprint density at radius 2 is 1.92 bits per heavy atom. The van der Waals surface area contributed by atoms with E-state index < -0.39 is 28.9 Å². The van der Waals surface area contributed by atoms with Gasteiger partial charge in [-0.25, -0.2) is 27.8 Å². The summed E-state index contributed by atoms with van der Waals surface area (Å²) in [6.07, 6.45) is 4.11. The summed E-state index contributed by atoms with van der Waals surface area (Å²) in [6, 6.07) is 6.55. The first-order valence-corrected chi connectivity index (χ1v) is 12.2. The van der Waals surface area contributed by atoms with E-state index in [9.17, 15) is 22.8 Å². The molecule has 2 amide bonds. The molecule has 39 heavy (non-hydrogen) atoms. The third-order valence-corrected chi connectivity index (χ3v) is 6.68. The van der Waals surface area contributed by atoms with E-state index >= 15 is 0 Å². The van der Waals surface area contributed by atoms with Crippen LogP contribution in [-0.2, 0) is 11.3 Å². The van der Waals surface area contributed by atoms with Gasteiger partial charge in [0.05, 0.1) is 17.0 Å². The highest BCUT2D eigenvalue weighted by atomic mass is 19.1. The molecule has 2 aromatic heterocycles. The topological polar surface area (TPSA) is 119 Å². The molecule has 0 radical (unpaired) electrons. The van der Waals surface area contributed by atoms with Crippen LogP contribution >= 0.6 is 0 Å². The molecule has 1 saturated heterocycles. The van der Waals surface area contributed by atoms with E-state index in [4.69, 9.17) is 10.8 Å². The number of hydrogen-bond acceptors (Lipinski definition) is 6. The molecule has 1 aliphatic rings. The van der Waals surface area contributed by atoms with E-state index in [-0.39, 0.29) is 29.9 Å². The van der Waals surface area contributed by atoms with Gasteiger partial charge in [-0.2, -0.15) is 5.10 Å². The lowest BCUT2D eigenvalue weighted by Crippen LogP contribution is -2.40. The van der Waals surface area contributed by atoms with Crippen LogP contribution in [-0.4, -0.2) is 49.6 Å². The number of piperidine rings is 1. The van der Waals surface area contributed by atoms with Gasteiger partial charge < -0.3 is 16.0 Å². The van der Waals surface area contributed by atoms with Crippen LogP contribution in [0, 0.1) is 17.5 Å². The number of rotatable bonds is 6. The molecule has 1 atom stereocenters. The SMILES string of the molecule is C=CC(=O)N1CCC[C@@H](n2nc(-c3ccc(F)c(CNC(=O)c4cc(F)ccc4F)c3)c3c(N)ncnc32)C1. The predicted molar refractivity (Wildman–Crippen MR) is 138 cm³/mol. The first-order chi connectivity index (χ1) is 18.8. The minimum atomic E-state index is -0.897. The molecule has 3 N–H and O–H groups in total. The average molecular weight is 536 g/mol. The Morgan fingerprint density at radius 3 is 2.72 bits per heavy atom. The largest absolute Gasteiger partial charge is 0.383 e. The second-order valence-corrected chi connectivity index (χ2v) is 9.15. The number of aromatic nitrogens is 4. The summed E-state index contributed by atoms with van der Waals surface area (Å²) in [5.74, 6) is -3.16. The van der Waals surface area contributed by atoms with Crippen molar-refractivity contribution in [1.82, 2.24) is 30.0 Å². The van der Waals surface area contributed by atoms with E-state index in [0.717, 1.165) is 31.0 Å². The van der Waals surface area contributed by atoms with Crippen LogP contribution in [0.5, 0.6) is 0 Å². The highest BCUT2D eigenvalue weighted by Gasteiger charge is 2.28. The molecule has 4 aromatic rings. The third-order valence-electron chi connectivity index (χ3n) is 6.68. The zero-order valence-electron chi connectivity index (χ0n) is 20.7. The normalized spacial score (nSPS) is 15.4. The third kappa shape index (κ3) is 5.05. The van der Waals surface area contributed by atoms with Crippen molar-refractivity contribution >= 4 is 28.7 Å². The summed E-state index contributed by atoms with van der Waals surface area (Å²) in [6.45, 7) is 4.28. The number of carbonyl (C=O) groups is 2. The number of halogens is 3. The number of fused-ring (bicyclic) bond motifs is 1. The molecule has 9 nitrogen and oxygen atoms in total. The summed E-state index contributed by atoms with van der Waals surface area (Å²) in [4.78, 5) is 34.8. The summed E-state index contributed by atoms with van der Waals surface area (Å²) in [7, 11) is 0. The lowest BCUT2D eigenvalue weighted by atomic mass is 10.0. The minimum Gasteiger partial charge on any atom is -0.383 e.